The molecule has 0 heterocycles. The molecule has 2 aromatic carbocycles. The van der Waals surface area contributed by atoms with Gasteiger partial charge in [0.2, 0.25) is 0 Å². The van der Waals surface area contributed by atoms with Crippen LogP contribution in [0.3, 0.4) is 0 Å². The van der Waals surface area contributed by atoms with Crippen LogP contribution in [0, 0.1) is 0 Å². The Bertz CT molecular complexity index is 514. The average molecular weight is 271 g/mol. The maximum atomic E-state index is 5.78. The molecular weight excluding hydrogens is 246 g/mol. The van der Waals surface area contributed by atoms with E-state index in [4.69, 9.17) is 4.74 Å². The van der Waals surface area contributed by atoms with Gasteiger partial charge in [0, 0.05) is 6.54 Å². The summed E-state index contributed by atoms with van der Waals surface area (Å²) in [5.41, 5.74) is 1.38. The Kier molecular flexibility index (Phi) is 6.03. The number of hydrogen-bond acceptors (Lipinski definition) is 2. The molecule has 0 radical (unpaired) electrons. The van der Waals surface area contributed by atoms with Gasteiger partial charge in [-0.3, -0.25) is 0 Å². The van der Waals surface area contributed by atoms with Crippen LogP contribution < -0.4 is 0 Å². The predicted molar refractivity (Wildman–Crippen MR) is 86.3 cm³/mol. The molecule has 0 unspecified atom stereocenters. The summed E-state index contributed by atoms with van der Waals surface area (Å²) in [6.45, 7) is 9.25. The van der Waals surface area contributed by atoms with Gasteiger partial charge in [0.05, 0.1) is 13.2 Å². The molecule has 20 heavy (non-hydrogen) atoms. The molecule has 0 fully saturated rings. The molecule has 0 N–H and O–H groups in total. The molecule has 0 aliphatic carbocycles. The highest BCUT2D eigenvalue weighted by molar-refractivity contribution is 5.85. The lowest BCUT2D eigenvalue weighted by molar-refractivity contribution is 0.109. The van der Waals surface area contributed by atoms with E-state index in [0.717, 1.165) is 39.3 Å². The van der Waals surface area contributed by atoms with E-state index in [1.165, 1.54) is 16.3 Å². The van der Waals surface area contributed by atoms with Gasteiger partial charge in [-0.25, -0.2) is 0 Å². The Labute approximate surface area is 122 Å². The van der Waals surface area contributed by atoms with Crippen molar-refractivity contribution in [2.75, 3.05) is 32.8 Å². The first-order chi connectivity index (χ1) is 9.85. The third kappa shape index (κ3) is 4.06. The van der Waals surface area contributed by atoms with Gasteiger partial charge >= 0.3 is 0 Å². The Morgan fingerprint density at radius 2 is 1.65 bits per heavy atom. The lowest BCUT2D eigenvalue weighted by atomic mass is 10.0. The Balaban J connectivity index is 1.81. The number of ether oxygens (including phenoxy) is 1. The summed E-state index contributed by atoms with van der Waals surface area (Å²) in [6.07, 6.45) is 0.986. The zero-order chi connectivity index (χ0) is 14.2. The summed E-state index contributed by atoms with van der Waals surface area (Å²) in [5, 5.41) is 2.66. The van der Waals surface area contributed by atoms with Crippen LogP contribution >= 0.6 is 0 Å². The Morgan fingerprint density at radius 1 is 0.900 bits per heavy atom. The van der Waals surface area contributed by atoms with Crippen LogP contribution in [0.2, 0.25) is 0 Å². The van der Waals surface area contributed by atoms with E-state index < -0.39 is 0 Å². The molecule has 2 heteroatoms. The fourth-order valence-corrected chi connectivity index (χ4v) is 2.53. The molecule has 2 aromatic rings. The number of fused-ring (bicyclic) bond motifs is 1. The van der Waals surface area contributed by atoms with Crippen LogP contribution in [0.25, 0.3) is 10.8 Å². The van der Waals surface area contributed by atoms with E-state index in [0.29, 0.717) is 0 Å². The van der Waals surface area contributed by atoms with Gasteiger partial charge in [-0.15, -0.1) is 0 Å². The number of hydrogen-bond donors (Lipinski definition) is 0. The third-order valence-electron chi connectivity index (χ3n) is 3.84. The molecule has 0 atom stereocenters. The normalized spacial score (nSPS) is 11.3. The zero-order valence-corrected chi connectivity index (χ0v) is 12.6. The number of benzene rings is 2. The van der Waals surface area contributed by atoms with Gasteiger partial charge < -0.3 is 9.64 Å². The molecular formula is C18H25NO. The molecule has 108 valence electrons. The zero-order valence-electron chi connectivity index (χ0n) is 12.6. The molecule has 0 saturated carbocycles. The number of rotatable bonds is 8. The highest BCUT2D eigenvalue weighted by Crippen LogP contribution is 2.18. The SMILES string of the molecule is CCN(CC)CCOCCc1cccc2ccccc12. The van der Waals surface area contributed by atoms with Crippen molar-refractivity contribution >= 4 is 10.8 Å². The summed E-state index contributed by atoms with van der Waals surface area (Å²) in [6, 6.07) is 15.1. The van der Waals surface area contributed by atoms with Gasteiger partial charge in [-0.05, 0) is 35.8 Å². The van der Waals surface area contributed by atoms with Gasteiger partial charge in [0.15, 0.2) is 0 Å². The average Bonchev–Trinajstić information content (AvgIpc) is 2.51. The van der Waals surface area contributed by atoms with Crippen molar-refractivity contribution in [3.05, 3.63) is 48.0 Å². The quantitative estimate of drug-likeness (QED) is 0.678. The van der Waals surface area contributed by atoms with Crippen LogP contribution in [0.15, 0.2) is 42.5 Å². The molecule has 0 aliphatic rings. The molecule has 0 amide bonds. The fourth-order valence-electron chi connectivity index (χ4n) is 2.53. The largest absolute Gasteiger partial charge is 0.380 e. The van der Waals surface area contributed by atoms with E-state index in [1.54, 1.807) is 0 Å². The smallest absolute Gasteiger partial charge is 0.0593 e. The third-order valence-corrected chi connectivity index (χ3v) is 3.84. The monoisotopic (exact) mass is 271 g/mol. The summed E-state index contributed by atoms with van der Waals surface area (Å²) < 4.78 is 5.78. The summed E-state index contributed by atoms with van der Waals surface area (Å²) in [5.74, 6) is 0. The molecule has 2 rings (SSSR count). The first-order valence-electron chi connectivity index (χ1n) is 7.62. The summed E-state index contributed by atoms with van der Waals surface area (Å²) >= 11 is 0. The van der Waals surface area contributed by atoms with Crippen molar-refractivity contribution in [1.82, 2.24) is 4.90 Å². The van der Waals surface area contributed by atoms with E-state index >= 15 is 0 Å². The predicted octanol–water partition coefficient (Wildman–Crippen LogP) is 3.74. The minimum absolute atomic E-state index is 0.801. The van der Waals surface area contributed by atoms with Crippen molar-refractivity contribution in [3.63, 3.8) is 0 Å². The van der Waals surface area contributed by atoms with Crippen LogP contribution in [-0.4, -0.2) is 37.7 Å². The first-order valence-corrected chi connectivity index (χ1v) is 7.62. The minimum atomic E-state index is 0.801. The van der Waals surface area contributed by atoms with Gasteiger partial charge in [0.25, 0.3) is 0 Å². The minimum Gasteiger partial charge on any atom is -0.380 e. The molecule has 0 bridgehead atoms. The Hall–Kier alpha value is -1.38. The highest BCUT2D eigenvalue weighted by Gasteiger charge is 2.01. The standard InChI is InChI=1S/C18H25NO/c1-3-19(4-2)13-15-20-14-12-17-10-7-9-16-8-5-6-11-18(16)17/h5-11H,3-4,12-15H2,1-2H3. The molecule has 0 saturated heterocycles. The van der Waals surface area contributed by atoms with Crippen LogP contribution in [0.4, 0.5) is 0 Å². The van der Waals surface area contributed by atoms with Crippen LogP contribution in [0.5, 0.6) is 0 Å². The second-order valence-corrected chi connectivity index (χ2v) is 5.03. The van der Waals surface area contributed by atoms with E-state index in [-0.39, 0.29) is 0 Å². The maximum absolute atomic E-state index is 5.78. The Morgan fingerprint density at radius 3 is 2.45 bits per heavy atom. The van der Waals surface area contributed by atoms with Crippen molar-refractivity contribution in [3.8, 4) is 0 Å². The molecule has 0 spiro atoms. The second kappa shape index (κ2) is 8.03. The van der Waals surface area contributed by atoms with Gasteiger partial charge in [-0.2, -0.15) is 0 Å². The highest BCUT2D eigenvalue weighted by atomic mass is 16.5. The molecule has 0 aliphatic heterocycles. The fraction of sp³-hybridized carbons (Fsp3) is 0.444. The first kappa shape index (κ1) is 15.0. The lowest BCUT2D eigenvalue weighted by Gasteiger charge is -2.17. The van der Waals surface area contributed by atoms with E-state index in [9.17, 15) is 0 Å². The van der Waals surface area contributed by atoms with Crippen LogP contribution in [0.1, 0.15) is 19.4 Å². The van der Waals surface area contributed by atoms with E-state index in [2.05, 4.69) is 61.2 Å². The maximum Gasteiger partial charge on any atom is 0.0593 e. The summed E-state index contributed by atoms with van der Waals surface area (Å²) in [7, 11) is 0. The lowest BCUT2D eigenvalue weighted by Crippen LogP contribution is -2.27. The van der Waals surface area contributed by atoms with Crippen molar-refractivity contribution in [1.29, 1.82) is 0 Å². The van der Waals surface area contributed by atoms with Gasteiger partial charge in [0.1, 0.15) is 0 Å². The number of likely N-dealkylation sites (N-methyl/N-ethyl adjacent to an activating group) is 1. The molecule has 0 aromatic heterocycles. The van der Waals surface area contributed by atoms with Gasteiger partial charge in [-0.1, -0.05) is 56.3 Å². The van der Waals surface area contributed by atoms with Crippen molar-refractivity contribution in [2.24, 2.45) is 0 Å². The van der Waals surface area contributed by atoms with Crippen molar-refractivity contribution < 1.29 is 4.74 Å². The topological polar surface area (TPSA) is 12.5 Å². The second-order valence-electron chi connectivity index (χ2n) is 5.03. The molecule has 2 nitrogen and oxygen atoms in total. The summed E-state index contributed by atoms with van der Waals surface area (Å²) in [4.78, 5) is 2.39. The number of nitrogens with zero attached hydrogens (tertiary/aromatic N) is 1. The van der Waals surface area contributed by atoms with E-state index in [1.807, 2.05) is 0 Å². The van der Waals surface area contributed by atoms with Crippen molar-refractivity contribution in [2.45, 2.75) is 20.3 Å². The van der Waals surface area contributed by atoms with Crippen LogP contribution in [-0.2, 0) is 11.2 Å².